The maximum Gasteiger partial charge on any atom is 0.306 e. The van der Waals surface area contributed by atoms with Crippen molar-refractivity contribution in [2.75, 3.05) is 12.4 Å². The van der Waals surface area contributed by atoms with E-state index in [1.807, 2.05) is 0 Å². The molecule has 1 aromatic rings. The first-order chi connectivity index (χ1) is 10.3. The molecule has 22 heavy (non-hydrogen) atoms. The number of methoxy groups -OCH3 is 1. The zero-order valence-electron chi connectivity index (χ0n) is 12.4. The molecule has 0 radical (unpaired) electrons. The van der Waals surface area contributed by atoms with Gasteiger partial charge in [0.25, 0.3) is 5.69 Å². The summed E-state index contributed by atoms with van der Waals surface area (Å²) in [5.41, 5.74) is -0.279. The molecule has 0 heterocycles. The van der Waals surface area contributed by atoms with Gasteiger partial charge in [-0.15, -0.1) is 0 Å². The van der Waals surface area contributed by atoms with E-state index >= 15 is 0 Å². The lowest BCUT2D eigenvalue weighted by atomic mass is 9.96. The molecule has 0 bridgehead atoms. The largest absolute Gasteiger partial charge is 0.469 e. The van der Waals surface area contributed by atoms with E-state index in [2.05, 4.69) is 10.1 Å². The number of benzene rings is 1. The van der Waals surface area contributed by atoms with Crippen molar-refractivity contribution in [1.29, 1.82) is 0 Å². The van der Waals surface area contributed by atoms with Crippen LogP contribution in [0.25, 0.3) is 0 Å². The molecular formula is C14H16N2O6. The van der Waals surface area contributed by atoms with Gasteiger partial charge in [0.1, 0.15) is 5.69 Å². The highest BCUT2D eigenvalue weighted by Gasteiger charge is 2.23. The third kappa shape index (κ3) is 4.37. The van der Waals surface area contributed by atoms with Crippen molar-refractivity contribution >= 4 is 29.0 Å². The van der Waals surface area contributed by atoms with E-state index in [4.69, 9.17) is 0 Å². The Balaban J connectivity index is 3.08. The summed E-state index contributed by atoms with van der Waals surface area (Å²) in [4.78, 5) is 44.7. The Morgan fingerprint density at radius 1 is 1.36 bits per heavy atom. The molecule has 0 spiro atoms. The molecule has 1 amide bonds. The fraction of sp³-hybridized carbons (Fsp3) is 0.357. The second kappa shape index (κ2) is 7.30. The molecule has 1 atom stereocenters. The molecule has 8 heteroatoms. The van der Waals surface area contributed by atoms with Gasteiger partial charge < -0.3 is 10.1 Å². The number of esters is 1. The number of carbonyl (C=O) groups excluding carboxylic acids is 3. The van der Waals surface area contributed by atoms with Gasteiger partial charge in [0.05, 0.1) is 18.5 Å². The molecular weight excluding hydrogens is 292 g/mol. The number of nitro benzene ring substituents is 1. The van der Waals surface area contributed by atoms with Gasteiger partial charge in [-0.1, -0.05) is 6.92 Å². The van der Waals surface area contributed by atoms with Crippen LogP contribution in [0, 0.1) is 16.0 Å². The minimum atomic E-state index is -0.687. The summed E-state index contributed by atoms with van der Waals surface area (Å²) in [5, 5.41) is 13.4. The molecule has 0 aliphatic carbocycles. The summed E-state index contributed by atoms with van der Waals surface area (Å²) in [5.74, 6) is -2.08. The molecule has 1 rings (SSSR count). The quantitative estimate of drug-likeness (QED) is 0.371. The number of Topliss-reactive ketones (excluding diaryl/α,β-unsaturated/α-hetero) is 1. The average Bonchev–Trinajstić information content (AvgIpc) is 2.45. The first-order valence-electron chi connectivity index (χ1n) is 6.43. The van der Waals surface area contributed by atoms with Crippen molar-refractivity contribution in [2.24, 2.45) is 5.92 Å². The third-order valence-electron chi connectivity index (χ3n) is 2.94. The first kappa shape index (κ1) is 17.3. The van der Waals surface area contributed by atoms with Crippen molar-refractivity contribution < 1.29 is 24.0 Å². The van der Waals surface area contributed by atoms with Crippen molar-refractivity contribution in [3.63, 3.8) is 0 Å². The second-order valence-corrected chi connectivity index (χ2v) is 4.72. The molecule has 0 fully saturated rings. The van der Waals surface area contributed by atoms with E-state index < -0.39 is 28.5 Å². The number of ketones is 1. The summed E-state index contributed by atoms with van der Waals surface area (Å²) in [6.07, 6.45) is -0.115. The van der Waals surface area contributed by atoms with E-state index in [1.54, 1.807) is 0 Å². The number of nitrogens with zero attached hydrogens (tertiary/aromatic N) is 1. The van der Waals surface area contributed by atoms with Gasteiger partial charge in [-0.2, -0.15) is 0 Å². The summed E-state index contributed by atoms with van der Waals surface area (Å²) in [7, 11) is 1.21. The van der Waals surface area contributed by atoms with Crippen LogP contribution < -0.4 is 5.32 Å². The monoisotopic (exact) mass is 308 g/mol. The van der Waals surface area contributed by atoms with Gasteiger partial charge in [-0.25, -0.2) is 0 Å². The Labute approximate surface area is 126 Å². The van der Waals surface area contributed by atoms with Gasteiger partial charge in [-0.3, -0.25) is 24.5 Å². The van der Waals surface area contributed by atoms with Crippen LogP contribution in [0.15, 0.2) is 18.2 Å². The normalized spacial score (nSPS) is 11.4. The number of nitro groups is 1. The highest BCUT2D eigenvalue weighted by molar-refractivity contribution is 6.01. The van der Waals surface area contributed by atoms with Crippen LogP contribution in [-0.4, -0.2) is 29.7 Å². The van der Waals surface area contributed by atoms with E-state index in [1.165, 1.54) is 33.1 Å². The fourth-order valence-corrected chi connectivity index (χ4v) is 1.84. The Bertz CT molecular complexity index is 626. The minimum absolute atomic E-state index is 0.00895. The minimum Gasteiger partial charge on any atom is -0.469 e. The van der Waals surface area contributed by atoms with Gasteiger partial charge in [-0.05, 0) is 12.1 Å². The van der Waals surface area contributed by atoms with E-state index in [9.17, 15) is 24.5 Å². The number of ether oxygens (including phenoxy) is 1. The summed E-state index contributed by atoms with van der Waals surface area (Å²) in [6.45, 7) is 2.76. The highest BCUT2D eigenvalue weighted by Crippen LogP contribution is 2.27. The molecule has 0 saturated carbocycles. The van der Waals surface area contributed by atoms with Crippen molar-refractivity contribution in [3.8, 4) is 0 Å². The van der Waals surface area contributed by atoms with Crippen molar-refractivity contribution in [2.45, 2.75) is 20.3 Å². The van der Waals surface area contributed by atoms with Gasteiger partial charge in [0.2, 0.25) is 5.91 Å². The molecule has 0 saturated heterocycles. The maximum absolute atomic E-state index is 12.2. The van der Waals surface area contributed by atoms with Crippen LogP contribution in [0.4, 0.5) is 11.4 Å². The third-order valence-corrected chi connectivity index (χ3v) is 2.94. The van der Waals surface area contributed by atoms with Gasteiger partial charge >= 0.3 is 5.97 Å². The number of hydrogen-bond donors (Lipinski definition) is 1. The van der Waals surface area contributed by atoms with Crippen LogP contribution in [0.1, 0.15) is 30.6 Å². The van der Waals surface area contributed by atoms with E-state index in [0.29, 0.717) is 0 Å². The number of hydrogen-bond acceptors (Lipinski definition) is 6. The van der Waals surface area contributed by atoms with Gasteiger partial charge in [0, 0.05) is 24.5 Å². The number of amides is 1. The number of rotatable bonds is 6. The molecule has 0 aromatic heterocycles. The zero-order chi connectivity index (χ0) is 16.9. The number of anilines is 1. The Hall–Kier alpha value is -2.77. The summed E-state index contributed by atoms with van der Waals surface area (Å²) >= 11 is 0. The highest BCUT2D eigenvalue weighted by atomic mass is 16.6. The lowest BCUT2D eigenvalue weighted by Crippen LogP contribution is -2.17. The maximum atomic E-state index is 12.2. The predicted octanol–water partition coefficient (Wildman–Crippen LogP) is 1.94. The zero-order valence-corrected chi connectivity index (χ0v) is 12.4. The van der Waals surface area contributed by atoms with Crippen LogP contribution in [0.3, 0.4) is 0 Å². The second-order valence-electron chi connectivity index (χ2n) is 4.72. The lowest BCUT2D eigenvalue weighted by molar-refractivity contribution is -0.384. The lowest BCUT2D eigenvalue weighted by Gasteiger charge is -2.10. The number of carbonyl (C=O) groups is 3. The van der Waals surface area contributed by atoms with Crippen LogP contribution >= 0.6 is 0 Å². The average molecular weight is 308 g/mol. The Morgan fingerprint density at radius 3 is 2.50 bits per heavy atom. The standard InChI is InChI=1S/C14H16N2O6/c1-8(6-13(18)22-3)14(19)10-4-5-11(15-9(2)17)12(7-10)16(20)21/h4-5,7-8H,6H2,1-3H3,(H,15,17). The SMILES string of the molecule is COC(=O)CC(C)C(=O)c1ccc(NC(C)=O)c([N+](=O)[O-])c1. The molecule has 1 aromatic carbocycles. The first-order valence-corrected chi connectivity index (χ1v) is 6.43. The predicted molar refractivity (Wildman–Crippen MR) is 77.5 cm³/mol. The molecule has 0 aliphatic rings. The summed E-state index contributed by atoms with van der Waals surface area (Å²) < 4.78 is 4.48. The topological polar surface area (TPSA) is 116 Å². The van der Waals surface area contributed by atoms with Crippen LogP contribution in [-0.2, 0) is 14.3 Å². The Morgan fingerprint density at radius 2 is 2.00 bits per heavy atom. The molecule has 118 valence electrons. The van der Waals surface area contributed by atoms with Gasteiger partial charge in [0.15, 0.2) is 5.78 Å². The summed E-state index contributed by atoms with van der Waals surface area (Å²) in [6, 6.07) is 3.74. The van der Waals surface area contributed by atoms with Crippen molar-refractivity contribution in [3.05, 3.63) is 33.9 Å². The molecule has 1 unspecified atom stereocenters. The van der Waals surface area contributed by atoms with Crippen molar-refractivity contribution in [1.82, 2.24) is 0 Å². The van der Waals surface area contributed by atoms with E-state index in [0.717, 1.165) is 6.07 Å². The van der Waals surface area contributed by atoms with Crippen LogP contribution in [0.5, 0.6) is 0 Å². The molecule has 0 aliphatic heterocycles. The van der Waals surface area contributed by atoms with Crippen LogP contribution in [0.2, 0.25) is 0 Å². The van der Waals surface area contributed by atoms with E-state index in [-0.39, 0.29) is 23.4 Å². The molecule has 1 N–H and O–H groups in total. The molecule has 8 nitrogen and oxygen atoms in total. The smallest absolute Gasteiger partial charge is 0.306 e. The fourth-order valence-electron chi connectivity index (χ4n) is 1.84. The number of nitrogens with one attached hydrogen (secondary N) is 1. The Kier molecular flexibility index (Phi) is 5.73.